The first-order chi connectivity index (χ1) is 8.58. The Labute approximate surface area is 111 Å². The fourth-order valence-corrected chi connectivity index (χ4v) is 1.71. The van der Waals surface area contributed by atoms with E-state index in [-0.39, 0.29) is 5.91 Å². The van der Waals surface area contributed by atoms with Crippen LogP contribution in [0.15, 0.2) is 36.5 Å². The Morgan fingerprint density at radius 2 is 2.00 bits per heavy atom. The van der Waals surface area contributed by atoms with Crippen LogP contribution in [0.25, 0.3) is 0 Å². The van der Waals surface area contributed by atoms with Crippen molar-refractivity contribution >= 4 is 23.3 Å². The van der Waals surface area contributed by atoms with Crippen LogP contribution >= 0.6 is 11.6 Å². The van der Waals surface area contributed by atoms with E-state index in [0.717, 1.165) is 11.1 Å². The molecule has 0 saturated carbocycles. The zero-order valence-corrected chi connectivity index (χ0v) is 11.0. The number of hydrogen-bond acceptors (Lipinski definition) is 2. The zero-order chi connectivity index (χ0) is 13.1. The normalized spacial score (nSPS) is 10.2. The van der Waals surface area contributed by atoms with Crippen LogP contribution in [0.4, 0.5) is 5.82 Å². The fourth-order valence-electron chi connectivity index (χ4n) is 1.54. The molecule has 3 nitrogen and oxygen atoms in total. The first-order valence-corrected chi connectivity index (χ1v) is 5.95. The maximum atomic E-state index is 12.0. The number of nitrogens with one attached hydrogen (secondary N) is 1. The molecule has 0 aliphatic rings. The Balaban J connectivity index is 2.22. The van der Waals surface area contributed by atoms with Crippen molar-refractivity contribution in [3.05, 3.63) is 58.2 Å². The van der Waals surface area contributed by atoms with Gasteiger partial charge in [0.05, 0.1) is 5.02 Å². The number of nitrogens with zero attached hydrogens (tertiary/aromatic N) is 1. The summed E-state index contributed by atoms with van der Waals surface area (Å²) in [5, 5.41) is 3.12. The molecule has 0 radical (unpaired) electrons. The smallest absolute Gasteiger partial charge is 0.256 e. The van der Waals surface area contributed by atoms with Crippen LogP contribution in [0.3, 0.4) is 0 Å². The van der Waals surface area contributed by atoms with E-state index in [2.05, 4.69) is 10.3 Å². The number of carbonyl (C=O) groups is 1. The first kappa shape index (κ1) is 12.6. The molecule has 1 amide bonds. The molecular weight excluding hydrogens is 248 g/mol. The zero-order valence-electron chi connectivity index (χ0n) is 10.2. The number of aryl methyl sites for hydroxylation is 2. The van der Waals surface area contributed by atoms with Gasteiger partial charge in [0.15, 0.2) is 5.82 Å². The molecule has 0 aliphatic heterocycles. The van der Waals surface area contributed by atoms with Crippen LogP contribution < -0.4 is 5.32 Å². The highest BCUT2D eigenvalue weighted by atomic mass is 35.5. The molecule has 1 aromatic heterocycles. The molecule has 2 rings (SSSR count). The standard InChI is InChI=1S/C14H13ClN2O/c1-9-5-6-11(8-10(9)2)14(18)17-13-12(15)4-3-7-16-13/h3-8H,1-2H3,(H,16,17,18). The summed E-state index contributed by atoms with van der Waals surface area (Å²) in [5.41, 5.74) is 2.83. The summed E-state index contributed by atoms with van der Waals surface area (Å²) >= 11 is 5.94. The van der Waals surface area contributed by atoms with Crippen molar-refractivity contribution in [2.75, 3.05) is 5.32 Å². The lowest BCUT2D eigenvalue weighted by atomic mass is 10.1. The average Bonchev–Trinajstić information content (AvgIpc) is 2.35. The molecule has 92 valence electrons. The van der Waals surface area contributed by atoms with Crippen molar-refractivity contribution < 1.29 is 4.79 Å². The van der Waals surface area contributed by atoms with Gasteiger partial charge in [-0.2, -0.15) is 0 Å². The summed E-state index contributed by atoms with van der Waals surface area (Å²) in [5.74, 6) is 0.168. The molecular formula is C14H13ClN2O. The second-order valence-corrected chi connectivity index (χ2v) is 4.49. The van der Waals surface area contributed by atoms with Crippen LogP contribution in [0.2, 0.25) is 5.02 Å². The van der Waals surface area contributed by atoms with E-state index in [1.54, 1.807) is 24.4 Å². The Kier molecular flexibility index (Phi) is 3.63. The van der Waals surface area contributed by atoms with Crippen LogP contribution in [0.1, 0.15) is 21.5 Å². The predicted octanol–water partition coefficient (Wildman–Crippen LogP) is 3.60. The number of amides is 1. The van der Waals surface area contributed by atoms with Crippen LogP contribution in [0, 0.1) is 13.8 Å². The third-order valence-electron chi connectivity index (χ3n) is 2.76. The van der Waals surface area contributed by atoms with E-state index >= 15 is 0 Å². The minimum absolute atomic E-state index is 0.210. The third-order valence-corrected chi connectivity index (χ3v) is 3.06. The molecule has 0 atom stereocenters. The summed E-state index contributed by atoms with van der Waals surface area (Å²) in [4.78, 5) is 16.0. The molecule has 0 saturated heterocycles. The van der Waals surface area contributed by atoms with Crippen molar-refractivity contribution in [1.82, 2.24) is 4.98 Å². The molecule has 0 bridgehead atoms. The van der Waals surface area contributed by atoms with Gasteiger partial charge >= 0.3 is 0 Å². The third kappa shape index (κ3) is 2.68. The molecule has 18 heavy (non-hydrogen) atoms. The second kappa shape index (κ2) is 5.19. The van der Waals surface area contributed by atoms with Gasteiger partial charge in [0.1, 0.15) is 0 Å². The maximum absolute atomic E-state index is 12.0. The first-order valence-electron chi connectivity index (χ1n) is 5.57. The van der Waals surface area contributed by atoms with Crippen molar-refractivity contribution in [2.45, 2.75) is 13.8 Å². The van der Waals surface area contributed by atoms with Gasteiger partial charge in [-0.15, -0.1) is 0 Å². The highest BCUT2D eigenvalue weighted by Crippen LogP contribution is 2.18. The van der Waals surface area contributed by atoms with Gasteiger partial charge < -0.3 is 5.32 Å². The Morgan fingerprint density at radius 1 is 1.22 bits per heavy atom. The largest absolute Gasteiger partial charge is 0.305 e. The van der Waals surface area contributed by atoms with Gasteiger partial charge in [-0.25, -0.2) is 4.98 Å². The summed E-state index contributed by atoms with van der Waals surface area (Å²) in [7, 11) is 0. The second-order valence-electron chi connectivity index (χ2n) is 4.09. The van der Waals surface area contributed by atoms with Crippen molar-refractivity contribution in [3.8, 4) is 0 Å². The van der Waals surface area contributed by atoms with E-state index in [1.807, 2.05) is 26.0 Å². The van der Waals surface area contributed by atoms with E-state index in [9.17, 15) is 4.79 Å². The number of aromatic nitrogens is 1. The highest BCUT2D eigenvalue weighted by Gasteiger charge is 2.09. The summed E-state index contributed by atoms with van der Waals surface area (Å²) in [6.07, 6.45) is 1.59. The molecule has 2 aromatic rings. The Bertz CT molecular complexity index is 596. The molecule has 1 aromatic carbocycles. The minimum Gasteiger partial charge on any atom is -0.305 e. The quantitative estimate of drug-likeness (QED) is 0.896. The lowest BCUT2D eigenvalue weighted by Gasteiger charge is -2.07. The van der Waals surface area contributed by atoms with E-state index in [0.29, 0.717) is 16.4 Å². The Hall–Kier alpha value is -1.87. The van der Waals surface area contributed by atoms with Crippen LogP contribution in [0.5, 0.6) is 0 Å². The van der Waals surface area contributed by atoms with E-state index in [1.165, 1.54) is 0 Å². The number of halogens is 1. The molecule has 0 fully saturated rings. The number of pyridine rings is 1. The van der Waals surface area contributed by atoms with Crippen molar-refractivity contribution in [1.29, 1.82) is 0 Å². The monoisotopic (exact) mass is 260 g/mol. The van der Waals surface area contributed by atoms with Gasteiger partial charge in [-0.3, -0.25) is 4.79 Å². The highest BCUT2D eigenvalue weighted by molar-refractivity contribution is 6.33. The lowest BCUT2D eigenvalue weighted by Crippen LogP contribution is -2.13. The molecule has 0 aliphatic carbocycles. The fraction of sp³-hybridized carbons (Fsp3) is 0.143. The maximum Gasteiger partial charge on any atom is 0.256 e. The van der Waals surface area contributed by atoms with E-state index < -0.39 is 0 Å². The van der Waals surface area contributed by atoms with Gasteiger partial charge in [0.25, 0.3) is 5.91 Å². The molecule has 0 unspecified atom stereocenters. The predicted molar refractivity (Wildman–Crippen MR) is 73.1 cm³/mol. The summed E-state index contributed by atoms with van der Waals surface area (Å²) < 4.78 is 0. The topological polar surface area (TPSA) is 42.0 Å². The number of carbonyl (C=O) groups excluding carboxylic acids is 1. The summed E-state index contributed by atoms with van der Waals surface area (Å²) in [6, 6.07) is 8.96. The number of benzene rings is 1. The van der Waals surface area contributed by atoms with Crippen molar-refractivity contribution in [3.63, 3.8) is 0 Å². The van der Waals surface area contributed by atoms with Gasteiger partial charge in [-0.1, -0.05) is 17.7 Å². The van der Waals surface area contributed by atoms with Crippen LogP contribution in [-0.2, 0) is 0 Å². The van der Waals surface area contributed by atoms with Gasteiger partial charge in [0.2, 0.25) is 0 Å². The molecule has 1 N–H and O–H groups in total. The van der Waals surface area contributed by atoms with Crippen molar-refractivity contribution in [2.24, 2.45) is 0 Å². The molecule has 4 heteroatoms. The minimum atomic E-state index is -0.210. The summed E-state index contributed by atoms with van der Waals surface area (Å²) in [6.45, 7) is 3.98. The SMILES string of the molecule is Cc1ccc(C(=O)Nc2ncccc2Cl)cc1C. The van der Waals surface area contributed by atoms with Gasteiger partial charge in [-0.05, 0) is 49.2 Å². The van der Waals surface area contributed by atoms with Gasteiger partial charge in [0, 0.05) is 11.8 Å². The lowest BCUT2D eigenvalue weighted by molar-refractivity contribution is 0.102. The average molecular weight is 261 g/mol. The molecule has 0 spiro atoms. The molecule has 1 heterocycles. The van der Waals surface area contributed by atoms with E-state index in [4.69, 9.17) is 11.6 Å². The number of hydrogen-bond donors (Lipinski definition) is 1. The Morgan fingerprint density at radius 3 is 2.67 bits per heavy atom. The van der Waals surface area contributed by atoms with Crippen LogP contribution in [-0.4, -0.2) is 10.9 Å². The number of anilines is 1. The number of rotatable bonds is 2.